The first-order chi connectivity index (χ1) is 11.8. The van der Waals surface area contributed by atoms with Crippen molar-refractivity contribution >= 4 is 17.8 Å². The second kappa shape index (κ2) is 6.27. The summed E-state index contributed by atoms with van der Waals surface area (Å²) in [5, 5.41) is 5.33. The Hall–Kier alpha value is -2.77. The Morgan fingerprint density at radius 1 is 1.28 bits per heavy atom. The Morgan fingerprint density at radius 2 is 1.96 bits per heavy atom. The molecule has 2 heterocycles. The number of benzene rings is 1. The lowest BCUT2D eigenvalue weighted by atomic mass is 10.1. The second-order valence-electron chi connectivity index (χ2n) is 6.64. The van der Waals surface area contributed by atoms with Crippen molar-refractivity contribution in [3.05, 3.63) is 23.8 Å². The van der Waals surface area contributed by atoms with Crippen molar-refractivity contribution in [3.8, 4) is 11.5 Å². The fourth-order valence-corrected chi connectivity index (χ4v) is 2.80. The molecule has 0 aromatic heterocycles. The van der Waals surface area contributed by atoms with Gasteiger partial charge in [-0.25, -0.2) is 4.79 Å². The van der Waals surface area contributed by atoms with E-state index in [1.165, 1.54) is 0 Å². The number of nitrogens with one attached hydrogen (secondary N) is 2. The molecule has 2 aliphatic rings. The van der Waals surface area contributed by atoms with Crippen LogP contribution in [-0.4, -0.2) is 48.0 Å². The van der Waals surface area contributed by atoms with Crippen LogP contribution in [0.15, 0.2) is 18.2 Å². The van der Waals surface area contributed by atoms with Crippen LogP contribution in [0.1, 0.15) is 32.4 Å². The Kier molecular flexibility index (Phi) is 4.28. The molecule has 8 nitrogen and oxygen atoms in total. The molecule has 0 bridgehead atoms. The number of amides is 4. The molecule has 25 heavy (non-hydrogen) atoms. The van der Waals surface area contributed by atoms with Crippen molar-refractivity contribution in [1.82, 2.24) is 15.5 Å². The van der Waals surface area contributed by atoms with Crippen LogP contribution in [0.4, 0.5) is 4.79 Å². The quantitative estimate of drug-likeness (QED) is 0.791. The van der Waals surface area contributed by atoms with Crippen LogP contribution in [0.25, 0.3) is 0 Å². The highest BCUT2D eigenvalue weighted by Crippen LogP contribution is 2.32. The Bertz CT molecular complexity index is 731. The van der Waals surface area contributed by atoms with E-state index in [2.05, 4.69) is 10.6 Å². The fraction of sp³-hybridized carbons (Fsp3) is 0.471. The van der Waals surface area contributed by atoms with E-state index in [1.807, 2.05) is 19.1 Å². The van der Waals surface area contributed by atoms with E-state index < -0.39 is 23.4 Å². The van der Waals surface area contributed by atoms with Gasteiger partial charge in [0.05, 0.1) is 6.04 Å². The number of hydrogen-bond acceptors (Lipinski definition) is 5. The van der Waals surface area contributed by atoms with E-state index in [4.69, 9.17) is 9.47 Å². The molecule has 0 aliphatic carbocycles. The minimum Gasteiger partial charge on any atom is -0.486 e. The molecule has 0 radical (unpaired) electrons. The Morgan fingerprint density at radius 3 is 2.60 bits per heavy atom. The molecule has 1 aromatic rings. The number of carbonyl (C=O) groups is 3. The zero-order chi connectivity index (χ0) is 18.2. The number of carbonyl (C=O) groups excluding carboxylic acids is 3. The lowest BCUT2D eigenvalue weighted by Crippen LogP contribution is -2.43. The summed E-state index contributed by atoms with van der Waals surface area (Å²) in [6, 6.07) is 4.59. The highest BCUT2D eigenvalue weighted by Gasteiger charge is 2.44. The molecule has 0 saturated carbocycles. The molecule has 1 atom stereocenters. The zero-order valence-corrected chi connectivity index (χ0v) is 14.4. The molecule has 2 aliphatic heterocycles. The highest BCUT2D eigenvalue weighted by atomic mass is 16.6. The number of hydrogen-bond donors (Lipinski definition) is 2. The number of urea groups is 1. The molecule has 1 saturated heterocycles. The van der Waals surface area contributed by atoms with Crippen LogP contribution in [0, 0.1) is 0 Å². The third-order valence-corrected chi connectivity index (χ3v) is 4.19. The van der Waals surface area contributed by atoms with E-state index >= 15 is 0 Å². The SMILES string of the molecule is CC(NC(=O)CN1C(=O)NC(C)(C)C1=O)c1ccc2c(c1)OCCO2. The molecular formula is C17H21N3O5. The summed E-state index contributed by atoms with van der Waals surface area (Å²) in [5.41, 5.74) is -0.145. The number of nitrogens with zero attached hydrogens (tertiary/aromatic N) is 1. The van der Waals surface area contributed by atoms with Crippen LogP contribution in [0.2, 0.25) is 0 Å². The first-order valence-electron chi connectivity index (χ1n) is 8.11. The smallest absolute Gasteiger partial charge is 0.325 e. The summed E-state index contributed by atoms with van der Waals surface area (Å²) >= 11 is 0. The largest absolute Gasteiger partial charge is 0.486 e. The topological polar surface area (TPSA) is 97.0 Å². The predicted octanol–water partition coefficient (Wildman–Crippen LogP) is 0.965. The maximum atomic E-state index is 12.2. The van der Waals surface area contributed by atoms with Gasteiger partial charge in [0.25, 0.3) is 5.91 Å². The van der Waals surface area contributed by atoms with Gasteiger partial charge in [-0.3, -0.25) is 14.5 Å². The summed E-state index contributed by atoms with van der Waals surface area (Å²) in [6.45, 7) is 5.70. The number of rotatable bonds is 4. The Labute approximate surface area is 145 Å². The van der Waals surface area contributed by atoms with E-state index in [0.29, 0.717) is 24.7 Å². The normalized spacial score (nSPS) is 19.4. The molecule has 1 unspecified atom stereocenters. The first-order valence-corrected chi connectivity index (χ1v) is 8.11. The van der Waals surface area contributed by atoms with Crippen LogP contribution in [0.5, 0.6) is 11.5 Å². The summed E-state index contributed by atoms with van der Waals surface area (Å²) in [7, 11) is 0. The minimum atomic E-state index is -0.987. The van der Waals surface area contributed by atoms with Gasteiger partial charge in [0.1, 0.15) is 25.3 Å². The van der Waals surface area contributed by atoms with E-state index in [0.717, 1.165) is 10.5 Å². The predicted molar refractivity (Wildman–Crippen MR) is 88.3 cm³/mol. The monoisotopic (exact) mass is 347 g/mol. The maximum absolute atomic E-state index is 12.2. The van der Waals surface area contributed by atoms with E-state index in [9.17, 15) is 14.4 Å². The summed E-state index contributed by atoms with van der Waals surface area (Å²) in [5.74, 6) is 0.485. The van der Waals surface area contributed by atoms with Gasteiger partial charge < -0.3 is 20.1 Å². The first kappa shape index (κ1) is 17.1. The van der Waals surface area contributed by atoms with Gasteiger partial charge in [-0.1, -0.05) is 6.07 Å². The summed E-state index contributed by atoms with van der Waals surface area (Å²) in [6.07, 6.45) is 0. The van der Waals surface area contributed by atoms with Gasteiger partial charge in [-0.05, 0) is 38.5 Å². The average molecular weight is 347 g/mol. The van der Waals surface area contributed by atoms with Gasteiger partial charge >= 0.3 is 6.03 Å². The van der Waals surface area contributed by atoms with Crippen molar-refractivity contribution in [2.75, 3.05) is 19.8 Å². The molecule has 1 aromatic carbocycles. The lowest BCUT2D eigenvalue weighted by molar-refractivity contribution is -0.134. The van der Waals surface area contributed by atoms with Crippen molar-refractivity contribution in [2.45, 2.75) is 32.4 Å². The van der Waals surface area contributed by atoms with Crippen LogP contribution in [-0.2, 0) is 9.59 Å². The van der Waals surface area contributed by atoms with E-state index in [-0.39, 0.29) is 12.6 Å². The third-order valence-electron chi connectivity index (χ3n) is 4.19. The number of fused-ring (bicyclic) bond motifs is 1. The molecule has 2 N–H and O–H groups in total. The molecule has 4 amide bonds. The summed E-state index contributed by atoms with van der Waals surface area (Å²) < 4.78 is 11.0. The molecule has 3 rings (SSSR count). The standard InChI is InChI=1S/C17H21N3O5/c1-10(11-4-5-12-13(8-11)25-7-6-24-12)18-14(21)9-20-15(22)17(2,3)19-16(20)23/h4-5,8,10H,6-7,9H2,1-3H3,(H,18,21)(H,19,23). The summed E-state index contributed by atoms with van der Waals surface area (Å²) in [4.78, 5) is 37.1. The van der Waals surface area contributed by atoms with Gasteiger partial charge in [0.15, 0.2) is 11.5 Å². The number of ether oxygens (including phenoxy) is 2. The van der Waals surface area contributed by atoms with Crippen LogP contribution >= 0.6 is 0 Å². The molecule has 0 spiro atoms. The molecular weight excluding hydrogens is 326 g/mol. The van der Waals surface area contributed by atoms with Crippen LogP contribution < -0.4 is 20.1 Å². The second-order valence-corrected chi connectivity index (χ2v) is 6.64. The van der Waals surface area contributed by atoms with E-state index in [1.54, 1.807) is 19.9 Å². The fourth-order valence-electron chi connectivity index (χ4n) is 2.80. The van der Waals surface area contributed by atoms with Gasteiger partial charge in [-0.2, -0.15) is 0 Å². The number of imide groups is 1. The highest BCUT2D eigenvalue weighted by molar-refractivity contribution is 6.08. The maximum Gasteiger partial charge on any atom is 0.325 e. The van der Waals surface area contributed by atoms with Crippen molar-refractivity contribution in [2.24, 2.45) is 0 Å². The van der Waals surface area contributed by atoms with Gasteiger partial charge in [0.2, 0.25) is 5.91 Å². The molecule has 1 fully saturated rings. The minimum absolute atomic E-state index is 0.308. The van der Waals surface area contributed by atoms with Crippen molar-refractivity contribution in [3.63, 3.8) is 0 Å². The van der Waals surface area contributed by atoms with Crippen LogP contribution in [0.3, 0.4) is 0 Å². The Balaban J connectivity index is 1.63. The average Bonchev–Trinajstić information content (AvgIpc) is 2.76. The zero-order valence-electron chi connectivity index (χ0n) is 14.4. The van der Waals surface area contributed by atoms with Gasteiger partial charge in [0, 0.05) is 0 Å². The lowest BCUT2D eigenvalue weighted by Gasteiger charge is -2.21. The third kappa shape index (κ3) is 3.38. The molecule has 134 valence electrons. The van der Waals surface area contributed by atoms with Gasteiger partial charge in [-0.15, -0.1) is 0 Å². The van der Waals surface area contributed by atoms with Crippen molar-refractivity contribution in [1.29, 1.82) is 0 Å². The van der Waals surface area contributed by atoms with Crippen molar-refractivity contribution < 1.29 is 23.9 Å². The molecule has 8 heteroatoms.